The summed E-state index contributed by atoms with van der Waals surface area (Å²) in [4.78, 5) is 0. The van der Waals surface area contributed by atoms with E-state index < -0.39 is 16.1 Å². The predicted octanol–water partition coefficient (Wildman–Crippen LogP) is 7.64. The summed E-state index contributed by atoms with van der Waals surface area (Å²) in [5, 5.41) is 13.1. The van der Waals surface area contributed by atoms with E-state index in [9.17, 15) is 0 Å². The minimum atomic E-state index is -3.08. The van der Waals surface area contributed by atoms with Gasteiger partial charge in [-0.2, -0.15) is 0 Å². The van der Waals surface area contributed by atoms with Crippen molar-refractivity contribution in [3.63, 3.8) is 0 Å². The largest absolute Gasteiger partial charge is 0.458 e. The average Bonchev–Trinajstić information content (AvgIpc) is 3.64. The Bertz CT molecular complexity index is 2880. The third-order valence-electron chi connectivity index (χ3n) is 12.3. The Kier molecular flexibility index (Phi) is 8.21. The normalized spacial score (nSPS) is 13.1. The summed E-state index contributed by atoms with van der Waals surface area (Å²) in [6.07, 6.45) is 0. The molecular weight excluding hydrogens is 735 g/mol. The van der Waals surface area contributed by atoms with Gasteiger partial charge in [0, 0.05) is 16.5 Å². The van der Waals surface area contributed by atoms with E-state index in [1.807, 2.05) is 0 Å². The van der Waals surface area contributed by atoms with E-state index in [-0.39, 0.29) is 0 Å². The van der Waals surface area contributed by atoms with Gasteiger partial charge in [0.15, 0.2) is 16.1 Å². The smallest absolute Gasteiger partial charge is 0.188 e. The second-order valence-corrected chi connectivity index (χ2v) is 22.7. The molecule has 0 saturated carbocycles. The molecular formula is C54H39NOSi2. The Balaban J connectivity index is 1.26. The number of benzene rings is 9. The zero-order chi connectivity index (χ0) is 38.5. The standard InChI is InChI=1S/C54H39NOSi2/c1-6-20-41(21-7-1)57(42-22-8-2-9-23-42,43-24-10-3-11-25-43)46-35-37-52-54(39-46)58(44-26-12-4-13-27-44,45-28-14-5-15-29-45)53-38-40(34-36-51(53)56-52)55-49-32-18-16-30-47(49)48-31-17-19-33-50(48)55/h1-39H. The molecule has 0 amide bonds. The van der Waals surface area contributed by atoms with Crippen LogP contribution in [0.25, 0.3) is 27.5 Å². The van der Waals surface area contributed by atoms with Gasteiger partial charge in [-0.1, -0.05) is 200 Å². The lowest BCUT2D eigenvalue weighted by Crippen LogP contribution is -2.78. The molecule has 2 nitrogen and oxygen atoms in total. The van der Waals surface area contributed by atoms with Gasteiger partial charge in [-0.15, -0.1) is 0 Å². The Hall–Kier alpha value is -6.99. The maximum Gasteiger partial charge on any atom is 0.188 e. The first-order valence-electron chi connectivity index (χ1n) is 20.0. The molecule has 0 spiro atoms. The monoisotopic (exact) mass is 773 g/mol. The number of ether oxygens (including phenoxy) is 1. The number of hydrogen-bond acceptors (Lipinski definition) is 1. The zero-order valence-corrected chi connectivity index (χ0v) is 33.9. The van der Waals surface area contributed by atoms with Gasteiger partial charge >= 0.3 is 0 Å². The molecule has 4 heteroatoms. The molecule has 0 N–H and O–H groups in total. The molecule has 1 aliphatic heterocycles. The Morgan fingerprint density at radius 2 is 0.741 bits per heavy atom. The summed E-state index contributed by atoms with van der Waals surface area (Å²) in [5.41, 5.74) is 3.52. The van der Waals surface area contributed by atoms with E-state index in [1.54, 1.807) is 0 Å². The van der Waals surface area contributed by atoms with Crippen molar-refractivity contribution in [3.05, 3.63) is 237 Å². The quantitative estimate of drug-likeness (QED) is 0.120. The number of nitrogens with zero attached hydrogens (tertiary/aromatic N) is 1. The van der Waals surface area contributed by atoms with Crippen molar-refractivity contribution < 1.29 is 4.74 Å². The number of para-hydroxylation sites is 2. The van der Waals surface area contributed by atoms with Crippen molar-refractivity contribution in [2.45, 2.75) is 0 Å². The first-order chi connectivity index (χ1) is 28.8. The molecule has 0 unspecified atom stereocenters. The van der Waals surface area contributed by atoms with Crippen molar-refractivity contribution in [1.82, 2.24) is 4.57 Å². The van der Waals surface area contributed by atoms with E-state index in [2.05, 4.69) is 241 Å². The van der Waals surface area contributed by atoms with Crippen LogP contribution in [0.4, 0.5) is 0 Å². The number of aromatic nitrogens is 1. The molecule has 58 heavy (non-hydrogen) atoms. The van der Waals surface area contributed by atoms with Gasteiger partial charge in [0.25, 0.3) is 0 Å². The second-order valence-electron chi connectivity index (χ2n) is 15.2. The summed E-state index contributed by atoms with van der Waals surface area (Å²) >= 11 is 0. The fourth-order valence-corrected chi connectivity index (χ4v) is 19.8. The summed E-state index contributed by atoms with van der Waals surface area (Å²) < 4.78 is 9.58. The van der Waals surface area contributed by atoms with Crippen LogP contribution in [-0.2, 0) is 0 Å². The molecule has 0 aliphatic carbocycles. The van der Waals surface area contributed by atoms with Crippen LogP contribution in [0, 0.1) is 0 Å². The van der Waals surface area contributed by atoms with Crippen molar-refractivity contribution >= 4 is 79.4 Å². The Labute approximate surface area is 340 Å². The molecule has 2 heterocycles. The van der Waals surface area contributed by atoms with Crippen LogP contribution >= 0.6 is 0 Å². The van der Waals surface area contributed by atoms with Gasteiger partial charge < -0.3 is 9.30 Å². The molecule has 1 aliphatic rings. The molecule has 0 radical (unpaired) electrons. The molecule has 0 saturated heterocycles. The van der Waals surface area contributed by atoms with E-state index in [0.717, 1.165) is 17.2 Å². The van der Waals surface area contributed by atoms with E-state index in [4.69, 9.17) is 4.74 Å². The van der Waals surface area contributed by atoms with Gasteiger partial charge in [0.2, 0.25) is 0 Å². The minimum absolute atomic E-state index is 0.918. The summed E-state index contributed by atoms with van der Waals surface area (Å²) in [6, 6.07) is 87.8. The van der Waals surface area contributed by atoms with Crippen LogP contribution in [0.15, 0.2) is 237 Å². The molecule has 0 fully saturated rings. The third-order valence-corrected chi connectivity index (χ3v) is 21.8. The van der Waals surface area contributed by atoms with Gasteiger partial charge in [0.1, 0.15) is 11.5 Å². The fourth-order valence-electron chi connectivity index (χ4n) is 9.88. The average molecular weight is 774 g/mol. The highest BCUT2D eigenvalue weighted by Gasteiger charge is 2.50. The van der Waals surface area contributed by atoms with Gasteiger partial charge in [-0.25, -0.2) is 0 Å². The number of hydrogen-bond donors (Lipinski definition) is 0. The summed E-state index contributed by atoms with van der Waals surface area (Å²) in [6.45, 7) is 0. The van der Waals surface area contributed by atoms with Gasteiger partial charge in [-0.05, 0) is 77.9 Å². The summed E-state index contributed by atoms with van der Waals surface area (Å²) in [5.74, 6) is 1.85. The van der Waals surface area contributed by atoms with Gasteiger partial charge in [-0.3, -0.25) is 0 Å². The number of rotatable bonds is 7. The number of fused-ring (bicyclic) bond motifs is 5. The lowest BCUT2D eigenvalue weighted by Gasteiger charge is -2.41. The maximum atomic E-state index is 7.15. The van der Waals surface area contributed by atoms with Gasteiger partial charge in [0.05, 0.1) is 11.0 Å². The third kappa shape index (κ3) is 5.09. The molecule has 1 aromatic heterocycles. The van der Waals surface area contributed by atoms with E-state index in [1.165, 1.54) is 63.3 Å². The van der Waals surface area contributed by atoms with Crippen LogP contribution < -0.4 is 46.2 Å². The second kappa shape index (κ2) is 13.9. The Morgan fingerprint density at radius 1 is 0.345 bits per heavy atom. The highest BCUT2D eigenvalue weighted by Crippen LogP contribution is 2.35. The van der Waals surface area contributed by atoms with Crippen LogP contribution in [-0.4, -0.2) is 20.7 Å². The molecule has 9 aromatic carbocycles. The molecule has 11 rings (SSSR count). The van der Waals surface area contributed by atoms with Crippen molar-refractivity contribution in [2.75, 3.05) is 0 Å². The topological polar surface area (TPSA) is 14.2 Å². The summed E-state index contributed by atoms with van der Waals surface area (Å²) in [7, 11) is -5.95. The van der Waals surface area contributed by atoms with Crippen LogP contribution in [0.1, 0.15) is 0 Å². The van der Waals surface area contributed by atoms with Crippen LogP contribution in [0.2, 0.25) is 0 Å². The molecule has 10 aromatic rings. The SMILES string of the molecule is c1ccc([Si](c2ccccc2)(c2ccccc2)c2ccc3c(c2)[Si](c2ccccc2)(c2ccccc2)c2cc(-n4c5ccccc5c5ccccc54)ccc2O3)cc1. The molecule has 0 bridgehead atoms. The Morgan fingerprint density at radius 3 is 1.22 bits per heavy atom. The first-order valence-corrected chi connectivity index (χ1v) is 24.0. The highest BCUT2D eigenvalue weighted by molar-refractivity contribution is 7.22. The van der Waals surface area contributed by atoms with E-state index in [0.29, 0.717) is 0 Å². The van der Waals surface area contributed by atoms with Crippen LogP contribution in [0.5, 0.6) is 11.5 Å². The van der Waals surface area contributed by atoms with Crippen molar-refractivity contribution in [3.8, 4) is 17.2 Å². The molecule has 274 valence electrons. The predicted molar refractivity (Wildman–Crippen MR) is 248 cm³/mol. The first kappa shape index (κ1) is 34.3. The highest BCUT2D eigenvalue weighted by atomic mass is 28.3. The van der Waals surface area contributed by atoms with Crippen molar-refractivity contribution in [2.24, 2.45) is 0 Å². The zero-order valence-electron chi connectivity index (χ0n) is 31.9. The lowest BCUT2D eigenvalue weighted by molar-refractivity contribution is 0.487. The van der Waals surface area contributed by atoms with E-state index >= 15 is 0 Å². The van der Waals surface area contributed by atoms with Crippen LogP contribution in [0.3, 0.4) is 0 Å². The fraction of sp³-hybridized carbons (Fsp3) is 0. The van der Waals surface area contributed by atoms with Crippen molar-refractivity contribution in [1.29, 1.82) is 0 Å². The minimum Gasteiger partial charge on any atom is -0.458 e. The lowest BCUT2D eigenvalue weighted by atomic mass is 10.2. The maximum absolute atomic E-state index is 7.15. The molecule has 0 atom stereocenters.